The van der Waals surface area contributed by atoms with Gasteiger partial charge in [-0.1, -0.05) is 90.9 Å². The molecule has 0 heterocycles. The van der Waals surface area contributed by atoms with E-state index < -0.39 is 32.7 Å². The maximum absolute atomic E-state index is 12.1. The third kappa shape index (κ3) is 11.7. The van der Waals surface area contributed by atoms with E-state index in [1.54, 1.807) is 0 Å². The van der Waals surface area contributed by atoms with Gasteiger partial charge in [0.1, 0.15) is 5.25 Å². The second kappa shape index (κ2) is 16.5. The SMILES string of the molecule is CCCCCCCCC(CCCCCCCC)(C(=O)O)C(C(=O)[O-])S(=O)(=O)O.[Na+]. The van der Waals surface area contributed by atoms with Crippen LogP contribution in [0.4, 0.5) is 0 Å². The van der Waals surface area contributed by atoms with Gasteiger partial charge in [-0.2, -0.15) is 8.42 Å². The summed E-state index contributed by atoms with van der Waals surface area (Å²) < 4.78 is 33.0. The van der Waals surface area contributed by atoms with Gasteiger partial charge in [-0.05, 0) is 12.8 Å². The van der Waals surface area contributed by atoms with Crippen molar-refractivity contribution in [3.63, 3.8) is 0 Å². The minimum absolute atomic E-state index is 0. The zero-order valence-electron chi connectivity index (χ0n) is 18.3. The minimum atomic E-state index is -5.11. The molecule has 0 aliphatic heterocycles. The number of hydrogen-bond acceptors (Lipinski definition) is 5. The summed E-state index contributed by atoms with van der Waals surface area (Å²) >= 11 is 0. The molecule has 0 fully saturated rings. The molecule has 29 heavy (non-hydrogen) atoms. The molecule has 0 bridgehead atoms. The predicted octanol–water partition coefficient (Wildman–Crippen LogP) is 0.569. The fourth-order valence-corrected chi connectivity index (χ4v) is 4.94. The summed E-state index contributed by atoms with van der Waals surface area (Å²) in [6.45, 7) is 4.15. The van der Waals surface area contributed by atoms with Gasteiger partial charge < -0.3 is 15.0 Å². The van der Waals surface area contributed by atoms with Crippen molar-refractivity contribution in [2.75, 3.05) is 0 Å². The number of carbonyl (C=O) groups is 2. The van der Waals surface area contributed by atoms with Crippen LogP contribution in [-0.4, -0.2) is 35.3 Å². The Morgan fingerprint density at radius 2 is 1.17 bits per heavy atom. The van der Waals surface area contributed by atoms with Crippen LogP contribution in [0, 0.1) is 5.41 Å². The van der Waals surface area contributed by atoms with Gasteiger partial charge in [0.05, 0.1) is 11.4 Å². The van der Waals surface area contributed by atoms with E-state index in [2.05, 4.69) is 13.8 Å². The van der Waals surface area contributed by atoms with E-state index in [1.165, 1.54) is 0 Å². The zero-order chi connectivity index (χ0) is 21.6. The second-order valence-corrected chi connectivity index (χ2v) is 9.21. The van der Waals surface area contributed by atoms with Gasteiger partial charge in [-0.25, -0.2) is 0 Å². The average Bonchev–Trinajstić information content (AvgIpc) is 2.58. The van der Waals surface area contributed by atoms with Crippen LogP contribution in [0.15, 0.2) is 0 Å². The Morgan fingerprint density at radius 3 is 1.45 bits per heavy atom. The van der Waals surface area contributed by atoms with Crippen LogP contribution in [0.3, 0.4) is 0 Å². The molecular weight excluding hydrogens is 407 g/mol. The number of aliphatic carboxylic acids is 2. The van der Waals surface area contributed by atoms with Crippen molar-refractivity contribution in [2.24, 2.45) is 5.41 Å². The molecule has 0 spiro atoms. The number of carboxylic acid groups (broad SMARTS) is 2. The van der Waals surface area contributed by atoms with Crippen LogP contribution in [-0.2, 0) is 19.7 Å². The van der Waals surface area contributed by atoms with E-state index in [-0.39, 0.29) is 42.4 Å². The number of carboxylic acids is 2. The molecule has 9 heteroatoms. The van der Waals surface area contributed by atoms with Crippen molar-refractivity contribution in [3.05, 3.63) is 0 Å². The smallest absolute Gasteiger partial charge is 0.549 e. The monoisotopic (exact) mass is 444 g/mol. The Labute approximate surface area is 198 Å². The summed E-state index contributed by atoms with van der Waals surface area (Å²) in [5.74, 6) is -3.55. The molecule has 0 radical (unpaired) electrons. The first-order chi connectivity index (χ1) is 13.1. The number of rotatable bonds is 18. The van der Waals surface area contributed by atoms with Crippen LogP contribution < -0.4 is 34.7 Å². The standard InChI is InChI=1S/C20H38O7S.Na/c1-3-5-7-9-11-13-15-20(19(23)24,16-14-12-10-8-6-4-2)17(18(21)22)28(25,26)27;/h17H,3-16H2,1-2H3,(H,21,22)(H,23,24)(H,25,26,27);/q;+1/p-1. The maximum atomic E-state index is 12.1. The van der Waals surface area contributed by atoms with Crippen molar-refractivity contribution in [3.8, 4) is 0 Å². The normalized spacial score (nSPS) is 12.9. The number of hydrogen-bond donors (Lipinski definition) is 2. The molecule has 0 aromatic carbocycles. The molecule has 0 aliphatic rings. The van der Waals surface area contributed by atoms with Gasteiger partial charge >= 0.3 is 35.5 Å². The summed E-state index contributed by atoms with van der Waals surface area (Å²) in [7, 11) is -5.11. The summed E-state index contributed by atoms with van der Waals surface area (Å²) in [5, 5.41) is 18.9. The Balaban J connectivity index is 0. The topological polar surface area (TPSA) is 132 Å². The van der Waals surface area contributed by atoms with Gasteiger partial charge in [0.25, 0.3) is 10.1 Å². The Morgan fingerprint density at radius 1 is 0.828 bits per heavy atom. The molecule has 1 atom stereocenters. The van der Waals surface area contributed by atoms with Gasteiger partial charge in [0, 0.05) is 0 Å². The minimum Gasteiger partial charge on any atom is -0.549 e. The largest absolute Gasteiger partial charge is 1.00 e. The molecule has 166 valence electrons. The molecule has 2 N–H and O–H groups in total. The van der Waals surface area contributed by atoms with Gasteiger partial charge in [0.15, 0.2) is 0 Å². The van der Waals surface area contributed by atoms with Crippen molar-refractivity contribution >= 4 is 22.1 Å². The van der Waals surface area contributed by atoms with E-state index in [4.69, 9.17) is 0 Å². The van der Waals surface area contributed by atoms with E-state index in [0.717, 1.165) is 51.4 Å². The fraction of sp³-hybridized carbons (Fsp3) is 0.900. The van der Waals surface area contributed by atoms with Gasteiger partial charge in [0.2, 0.25) is 0 Å². The van der Waals surface area contributed by atoms with Crippen LogP contribution >= 0.6 is 0 Å². The summed E-state index contributed by atoms with van der Waals surface area (Å²) in [6.07, 6.45) is 9.95. The first-order valence-electron chi connectivity index (χ1n) is 10.5. The molecule has 0 amide bonds. The molecule has 0 saturated heterocycles. The Hall–Kier alpha value is -0.150. The molecule has 0 aromatic rings. The van der Waals surface area contributed by atoms with Crippen molar-refractivity contribution in [1.82, 2.24) is 0 Å². The van der Waals surface area contributed by atoms with Crippen molar-refractivity contribution in [1.29, 1.82) is 0 Å². The Bertz CT molecular complexity index is 547. The first-order valence-corrected chi connectivity index (χ1v) is 12.0. The summed E-state index contributed by atoms with van der Waals surface area (Å²) in [5.41, 5.74) is -2.07. The summed E-state index contributed by atoms with van der Waals surface area (Å²) in [4.78, 5) is 23.6. The van der Waals surface area contributed by atoms with Crippen LogP contribution in [0.25, 0.3) is 0 Å². The van der Waals surface area contributed by atoms with E-state index in [1.807, 2.05) is 0 Å². The molecule has 0 aliphatic carbocycles. The predicted molar refractivity (Wildman–Crippen MR) is 106 cm³/mol. The summed E-state index contributed by atoms with van der Waals surface area (Å²) in [6, 6.07) is 0. The van der Waals surface area contributed by atoms with Crippen LogP contribution in [0.1, 0.15) is 104 Å². The van der Waals surface area contributed by atoms with Crippen molar-refractivity contribution < 1.29 is 62.3 Å². The van der Waals surface area contributed by atoms with E-state index in [0.29, 0.717) is 25.7 Å². The molecular formula is C20H37NaO7S. The van der Waals surface area contributed by atoms with Crippen molar-refractivity contribution in [2.45, 2.75) is 109 Å². The first kappa shape index (κ1) is 31.0. The third-order valence-electron chi connectivity index (χ3n) is 5.39. The Kier molecular flexibility index (Phi) is 17.7. The van der Waals surface area contributed by atoms with Crippen LogP contribution in [0.2, 0.25) is 0 Å². The van der Waals surface area contributed by atoms with Gasteiger partial charge in [-0.15, -0.1) is 0 Å². The molecule has 1 unspecified atom stereocenters. The zero-order valence-corrected chi connectivity index (χ0v) is 21.1. The average molecular weight is 445 g/mol. The molecule has 7 nitrogen and oxygen atoms in total. The second-order valence-electron chi connectivity index (χ2n) is 7.71. The van der Waals surface area contributed by atoms with Crippen LogP contribution in [0.5, 0.6) is 0 Å². The van der Waals surface area contributed by atoms with E-state index >= 15 is 0 Å². The third-order valence-corrected chi connectivity index (χ3v) is 6.63. The molecule has 0 aromatic heterocycles. The molecule has 0 rings (SSSR count). The van der Waals surface area contributed by atoms with E-state index in [9.17, 15) is 32.8 Å². The number of unbranched alkanes of at least 4 members (excludes halogenated alkanes) is 10. The fourth-order valence-electron chi connectivity index (χ4n) is 3.79. The number of carbonyl (C=O) groups excluding carboxylic acids is 1. The molecule has 0 saturated carbocycles. The van der Waals surface area contributed by atoms with Gasteiger partial charge in [-0.3, -0.25) is 9.35 Å². The quantitative estimate of drug-likeness (QED) is 0.179. The maximum Gasteiger partial charge on any atom is 1.00 e.